The third-order valence-corrected chi connectivity index (χ3v) is 1.80. The van der Waals surface area contributed by atoms with E-state index in [0.717, 1.165) is 0 Å². The number of rotatable bonds is 2. The van der Waals surface area contributed by atoms with E-state index in [1.54, 1.807) is 20.8 Å². The average Bonchev–Trinajstić information content (AvgIpc) is 1.91. The number of amides is 1. The third kappa shape index (κ3) is 3.99. The maximum atomic E-state index is 11.7. The molecule has 1 aliphatic heterocycles. The minimum atomic E-state index is -2.78. The minimum absolute atomic E-state index is 0.166. The van der Waals surface area contributed by atoms with E-state index < -0.39 is 24.4 Å². The summed E-state index contributed by atoms with van der Waals surface area (Å²) in [5, 5.41) is 0. The monoisotopic (exact) mass is 223 g/mol. The van der Waals surface area contributed by atoms with Crippen LogP contribution >= 0.6 is 0 Å². The molecular weight excluding hydrogens is 208 g/mol. The van der Waals surface area contributed by atoms with E-state index in [0.29, 0.717) is 0 Å². The lowest BCUT2D eigenvalue weighted by molar-refractivity contribution is -0.192. The van der Waals surface area contributed by atoms with Gasteiger partial charge in [0.1, 0.15) is 5.60 Å². The van der Waals surface area contributed by atoms with Crippen molar-refractivity contribution in [2.24, 2.45) is 0 Å². The summed E-state index contributed by atoms with van der Waals surface area (Å²) in [5.74, 6) is 0. The molecule has 1 rings (SSSR count). The van der Waals surface area contributed by atoms with Gasteiger partial charge in [-0.3, -0.25) is 0 Å². The van der Waals surface area contributed by atoms with Crippen LogP contribution in [0, 0.1) is 0 Å². The Hall–Kier alpha value is -0.910. The van der Waals surface area contributed by atoms with Crippen LogP contribution in [0.4, 0.5) is 13.6 Å². The van der Waals surface area contributed by atoms with Gasteiger partial charge in [-0.2, -0.15) is 8.78 Å². The van der Waals surface area contributed by atoms with Gasteiger partial charge in [0.15, 0.2) is 0 Å². The fourth-order valence-corrected chi connectivity index (χ4v) is 1.15. The lowest BCUT2D eigenvalue weighted by Crippen LogP contribution is -2.56. The molecule has 0 bridgehead atoms. The van der Waals surface area contributed by atoms with Gasteiger partial charge in [0.05, 0.1) is 19.2 Å². The van der Waals surface area contributed by atoms with Crippen molar-refractivity contribution in [1.29, 1.82) is 0 Å². The Balaban J connectivity index is 2.24. The third-order valence-electron chi connectivity index (χ3n) is 1.80. The Labute approximate surface area is 87.1 Å². The molecule has 15 heavy (non-hydrogen) atoms. The molecule has 1 saturated heterocycles. The summed E-state index contributed by atoms with van der Waals surface area (Å²) in [5.41, 5.74) is -0.564. The minimum Gasteiger partial charge on any atom is -0.444 e. The van der Waals surface area contributed by atoms with Gasteiger partial charge >= 0.3 is 12.7 Å². The summed E-state index contributed by atoms with van der Waals surface area (Å²) in [6, 6.07) is 0. The van der Waals surface area contributed by atoms with Gasteiger partial charge in [-0.05, 0) is 20.8 Å². The van der Waals surface area contributed by atoms with Gasteiger partial charge in [0.25, 0.3) is 0 Å². The van der Waals surface area contributed by atoms with Gasteiger partial charge in [-0.1, -0.05) is 0 Å². The van der Waals surface area contributed by atoms with Crippen molar-refractivity contribution in [2.75, 3.05) is 13.1 Å². The van der Waals surface area contributed by atoms with Gasteiger partial charge in [0.2, 0.25) is 0 Å². The van der Waals surface area contributed by atoms with Crippen molar-refractivity contribution in [3.8, 4) is 0 Å². The quantitative estimate of drug-likeness (QED) is 0.717. The summed E-state index contributed by atoms with van der Waals surface area (Å²) in [6.45, 7) is 2.79. The Morgan fingerprint density at radius 2 is 1.93 bits per heavy atom. The van der Waals surface area contributed by atoms with Crippen molar-refractivity contribution in [3.05, 3.63) is 0 Å². The van der Waals surface area contributed by atoms with Crippen LogP contribution in [0.25, 0.3) is 0 Å². The number of halogens is 2. The number of ether oxygens (including phenoxy) is 2. The standard InChI is InChI=1S/C9H15F2NO3/c1-9(2,3)15-8(13)12-4-6(5-12)14-7(10)11/h6-7H,4-5H2,1-3H3. The first-order valence-corrected chi connectivity index (χ1v) is 4.69. The molecule has 0 unspecified atom stereocenters. The molecule has 0 aliphatic carbocycles. The van der Waals surface area contributed by atoms with Crippen LogP contribution in [0.15, 0.2) is 0 Å². The number of carbonyl (C=O) groups excluding carboxylic acids is 1. The predicted molar refractivity (Wildman–Crippen MR) is 48.7 cm³/mol. The lowest BCUT2D eigenvalue weighted by atomic mass is 10.2. The maximum absolute atomic E-state index is 11.7. The van der Waals surface area contributed by atoms with E-state index in [4.69, 9.17) is 4.74 Å². The Bertz CT molecular complexity index is 234. The molecule has 6 heteroatoms. The highest BCUT2D eigenvalue weighted by Crippen LogP contribution is 2.18. The lowest BCUT2D eigenvalue weighted by Gasteiger charge is -2.39. The Kier molecular flexibility index (Phi) is 3.49. The van der Waals surface area contributed by atoms with E-state index in [1.165, 1.54) is 4.90 Å². The molecule has 0 aromatic heterocycles. The predicted octanol–water partition coefficient (Wildman–Crippen LogP) is 1.84. The topological polar surface area (TPSA) is 38.8 Å². The van der Waals surface area contributed by atoms with Crippen molar-refractivity contribution >= 4 is 6.09 Å². The van der Waals surface area contributed by atoms with Crippen LogP contribution in [0.5, 0.6) is 0 Å². The Morgan fingerprint density at radius 1 is 1.40 bits per heavy atom. The largest absolute Gasteiger partial charge is 0.444 e. The molecule has 1 heterocycles. The number of alkyl halides is 2. The fourth-order valence-electron chi connectivity index (χ4n) is 1.15. The summed E-state index contributed by atoms with van der Waals surface area (Å²) in [4.78, 5) is 12.7. The van der Waals surface area contributed by atoms with Crippen molar-refractivity contribution in [3.63, 3.8) is 0 Å². The van der Waals surface area contributed by atoms with Gasteiger partial charge in [-0.15, -0.1) is 0 Å². The van der Waals surface area contributed by atoms with Gasteiger partial charge < -0.3 is 14.4 Å². The zero-order valence-electron chi connectivity index (χ0n) is 9.00. The van der Waals surface area contributed by atoms with Gasteiger partial charge in [0, 0.05) is 0 Å². The fraction of sp³-hybridized carbons (Fsp3) is 0.889. The first kappa shape index (κ1) is 12.2. The second-order valence-corrected chi connectivity index (χ2v) is 4.40. The highest BCUT2D eigenvalue weighted by molar-refractivity contribution is 5.69. The van der Waals surface area contributed by atoms with Gasteiger partial charge in [-0.25, -0.2) is 4.79 Å². The molecule has 0 aromatic rings. The van der Waals surface area contributed by atoms with Crippen LogP contribution in [0.1, 0.15) is 20.8 Å². The van der Waals surface area contributed by atoms with E-state index in [9.17, 15) is 13.6 Å². The zero-order chi connectivity index (χ0) is 11.6. The summed E-state index contributed by atoms with van der Waals surface area (Å²) in [6.07, 6.45) is -1.06. The molecule has 4 nitrogen and oxygen atoms in total. The summed E-state index contributed by atoms with van der Waals surface area (Å²) < 4.78 is 32.7. The van der Waals surface area contributed by atoms with Crippen LogP contribution in [0.2, 0.25) is 0 Å². The van der Waals surface area contributed by atoms with Crippen molar-refractivity contribution in [1.82, 2.24) is 4.90 Å². The van der Waals surface area contributed by atoms with Crippen molar-refractivity contribution < 1.29 is 23.0 Å². The SMILES string of the molecule is CC(C)(C)OC(=O)N1CC(OC(F)F)C1. The van der Waals surface area contributed by atoms with Crippen LogP contribution in [0.3, 0.4) is 0 Å². The molecule has 1 fully saturated rings. The zero-order valence-corrected chi connectivity index (χ0v) is 9.00. The van der Waals surface area contributed by atoms with Crippen molar-refractivity contribution in [2.45, 2.75) is 39.1 Å². The highest BCUT2D eigenvalue weighted by Gasteiger charge is 2.35. The van der Waals surface area contributed by atoms with E-state index in [-0.39, 0.29) is 13.1 Å². The molecule has 0 saturated carbocycles. The molecule has 1 aliphatic rings. The second-order valence-electron chi connectivity index (χ2n) is 4.40. The smallest absolute Gasteiger partial charge is 0.410 e. The Morgan fingerprint density at radius 3 is 2.33 bits per heavy atom. The molecule has 0 radical (unpaired) electrons. The molecule has 88 valence electrons. The molecule has 0 aromatic carbocycles. The normalized spacial score (nSPS) is 17.9. The van der Waals surface area contributed by atoms with E-state index in [1.807, 2.05) is 0 Å². The second kappa shape index (κ2) is 4.30. The highest BCUT2D eigenvalue weighted by atomic mass is 19.3. The molecule has 1 amide bonds. The first-order valence-electron chi connectivity index (χ1n) is 4.69. The number of likely N-dealkylation sites (tertiary alicyclic amines) is 1. The molecule has 0 spiro atoms. The number of hydrogen-bond acceptors (Lipinski definition) is 3. The van der Waals surface area contributed by atoms with Crippen LogP contribution in [-0.4, -0.2) is 42.4 Å². The van der Waals surface area contributed by atoms with Crippen LogP contribution in [-0.2, 0) is 9.47 Å². The molecule has 0 N–H and O–H groups in total. The maximum Gasteiger partial charge on any atom is 0.410 e. The van der Waals surface area contributed by atoms with E-state index >= 15 is 0 Å². The molecule has 0 atom stereocenters. The van der Waals surface area contributed by atoms with Crippen LogP contribution < -0.4 is 0 Å². The number of hydrogen-bond donors (Lipinski definition) is 0. The summed E-state index contributed by atoms with van der Waals surface area (Å²) in [7, 11) is 0. The van der Waals surface area contributed by atoms with E-state index in [2.05, 4.69) is 4.74 Å². The molecular formula is C9H15F2NO3. The number of carbonyl (C=O) groups is 1. The summed E-state index contributed by atoms with van der Waals surface area (Å²) >= 11 is 0. The first-order chi connectivity index (χ1) is 6.78. The average molecular weight is 223 g/mol. The number of nitrogens with zero attached hydrogens (tertiary/aromatic N) is 1.